The minimum absolute atomic E-state index is 0.781. The predicted octanol–water partition coefficient (Wildman–Crippen LogP) is 1.17. The molecule has 1 aliphatic rings. The number of nitrogens with one attached hydrogen (secondary N) is 1. The number of piperazine rings is 1. The number of hydrogen-bond acceptors (Lipinski definition) is 5. The van der Waals surface area contributed by atoms with Gasteiger partial charge in [0.15, 0.2) is 0 Å². The van der Waals surface area contributed by atoms with Crippen LogP contribution in [0.4, 0.5) is 5.95 Å². The van der Waals surface area contributed by atoms with E-state index in [1.54, 1.807) is 6.33 Å². The number of hydrogen-bond donors (Lipinski definition) is 1. The maximum absolute atomic E-state index is 4.27. The summed E-state index contributed by atoms with van der Waals surface area (Å²) in [6, 6.07) is 0. The van der Waals surface area contributed by atoms with Crippen LogP contribution in [-0.2, 0) is 0 Å². The van der Waals surface area contributed by atoms with Crippen LogP contribution in [0.25, 0.3) is 0 Å². The summed E-state index contributed by atoms with van der Waals surface area (Å²) >= 11 is 0. The van der Waals surface area contributed by atoms with E-state index < -0.39 is 0 Å². The van der Waals surface area contributed by atoms with Crippen LogP contribution in [0.5, 0.6) is 0 Å². The van der Waals surface area contributed by atoms with Crippen LogP contribution in [0.3, 0.4) is 0 Å². The van der Waals surface area contributed by atoms with E-state index in [0.29, 0.717) is 0 Å². The molecule has 1 saturated heterocycles. The van der Waals surface area contributed by atoms with Gasteiger partial charge in [0.2, 0.25) is 5.95 Å². The lowest BCUT2D eigenvalue weighted by Gasteiger charge is -2.27. The van der Waals surface area contributed by atoms with E-state index in [0.717, 1.165) is 38.0 Å². The zero-order chi connectivity index (χ0) is 12.5. The molecular weight excluding hydrogens is 214 g/mol. The zero-order valence-electron chi connectivity index (χ0n) is 10.8. The first-order valence-corrected chi connectivity index (χ1v) is 5.96. The van der Waals surface area contributed by atoms with Gasteiger partial charge in [-0.25, -0.2) is 9.97 Å². The molecular formula is C12H21N5. The Balaban J connectivity index is 0.000000317. The lowest BCUT2D eigenvalue weighted by Crippen LogP contribution is -2.44. The highest BCUT2D eigenvalue weighted by atomic mass is 15.3. The molecule has 1 N–H and O–H groups in total. The fraction of sp³-hybridized carbons (Fsp3) is 0.583. The highest BCUT2D eigenvalue weighted by Gasteiger charge is 2.12. The highest BCUT2D eigenvalue weighted by molar-refractivity contribution is 5.29. The number of aryl methyl sites for hydroxylation is 1. The van der Waals surface area contributed by atoms with E-state index in [2.05, 4.69) is 25.2 Å². The summed E-state index contributed by atoms with van der Waals surface area (Å²) in [7, 11) is 0. The Labute approximate surface area is 103 Å². The molecule has 1 aromatic rings. The van der Waals surface area contributed by atoms with Crippen molar-refractivity contribution in [3.63, 3.8) is 0 Å². The van der Waals surface area contributed by atoms with Gasteiger partial charge in [-0.1, -0.05) is 12.2 Å². The van der Waals surface area contributed by atoms with Crippen molar-refractivity contribution in [2.24, 2.45) is 0 Å². The molecule has 0 spiro atoms. The number of rotatable bonds is 1. The summed E-state index contributed by atoms with van der Waals surface area (Å²) in [5.41, 5.74) is 0. The molecule has 0 unspecified atom stereocenters. The molecule has 0 aliphatic carbocycles. The minimum Gasteiger partial charge on any atom is -0.338 e. The third-order valence-corrected chi connectivity index (χ3v) is 2.41. The van der Waals surface area contributed by atoms with Gasteiger partial charge in [0, 0.05) is 26.2 Å². The van der Waals surface area contributed by atoms with Crippen LogP contribution in [0.2, 0.25) is 0 Å². The first-order valence-electron chi connectivity index (χ1n) is 5.96. The Bertz CT molecular complexity index is 341. The van der Waals surface area contributed by atoms with E-state index in [9.17, 15) is 0 Å². The van der Waals surface area contributed by atoms with Crippen LogP contribution in [0.15, 0.2) is 18.5 Å². The molecule has 1 fully saturated rings. The van der Waals surface area contributed by atoms with Gasteiger partial charge < -0.3 is 10.2 Å². The first-order chi connectivity index (χ1) is 8.27. The molecule has 5 nitrogen and oxygen atoms in total. The lowest BCUT2D eigenvalue weighted by atomic mass is 10.4. The van der Waals surface area contributed by atoms with Crippen molar-refractivity contribution >= 4 is 5.95 Å². The van der Waals surface area contributed by atoms with Crippen molar-refractivity contribution in [2.45, 2.75) is 20.8 Å². The summed E-state index contributed by atoms with van der Waals surface area (Å²) in [5.74, 6) is 1.58. The monoisotopic (exact) mass is 235 g/mol. The largest absolute Gasteiger partial charge is 0.338 e. The fourth-order valence-electron chi connectivity index (χ4n) is 1.38. The van der Waals surface area contributed by atoms with Gasteiger partial charge in [-0.2, -0.15) is 4.98 Å². The van der Waals surface area contributed by atoms with Gasteiger partial charge in [0.25, 0.3) is 0 Å². The standard InChI is InChI=1S/C8H13N5.C4H8/c1-7-10-6-11-8(12-7)13-4-2-9-3-5-13;1-3-4-2/h6,9H,2-5H2,1H3;3-4H,1-2H3/b;4-3+. The number of aromatic nitrogens is 3. The van der Waals surface area contributed by atoms with Crippen molar-refractivity contribution in [3.8, 4) is 0 Å². The number of nitrogens with zero attached hydrogens (tertiary/aromatic N) is 4. The Morgan fingerprint density at radius 3 is 2.35 bits per heavy atom. The van der Waals surface area contributed by atoms with Gasteiger partial charge in [-0.05, 0) is 20.8 Å². The molecule has 0 aromatic carbocycles. The summed E-state index contributed by atoms with van der Waals surface area (Å²) in [6.07, 6.45) is 5.57. The molecule has 0 atom stereocenters. The second-order valence-electron chi connectivity index (χ2n) is 3.74. The van der Waals surface area contributed by atoms with Crippen LogP contribution < -0.4 is 10.2 Å². The molecule has 0 radical (unpaired) electrons. The van der Waals surface area contributed by atoms with E-state index in [1.807, 2.05) is 32.9 Å². The third kappa shape index (κ3) is 4.91. The molecule has 0 bridgehead atoms. The van der Waals surface area contributed by atoms with E-state index in [4.69, 9.17) is 0 Å². The molecule has 2 rings (SSSR count). The van der Waals surface area contributed by atoms with Gasteiger partial charge in [-0.15, -0.1) is 0 Å². The topological polar surface area (TPSA) is 53.9 Å². The van der Waals surface area contributed by atoms with Gasteiger partial charge >= 0.3 is 0 Å². The van der Waals surface area contributed by atoms with Crippen LogP contribution in [0.1, 0.15) is 19.7 Å². The maximum Gasteiger partial charge on any atom is 0.228 e. The van der Waals surface area contributed by atoms with Crippen molar-refractivity contribution in [1.82, 2.24) is 20.3 Å². The maximum atomic E-state index is 4.27. The summed E-state index contributed by atoms with van der Waals surface area (Å²) in [4.78, 5) is 14.6. The van der Waals surface area contributed by atoms with Crippen LogP contribution >= 0.6 is 0 Å². The molecule has 0 amide bonds. The molecule has 2 heterocycles. The third-order valence-electron chi connectivity index (χ3n) is 2.41. The summed E-state index contributed by atoms with van der Waals surface area (Å²) < 4.78 is 0. The fourth-order valence-corrected chi connectivity index (χ4v) is 1.38. The van der Waals surface area contributed by atoms with Crippen molar-refractivity contribution < 1.29 is 0 Å². The highest BCUT2D eigenvalue weighted by Crippen LogP contribution is 2.05. The first kappa shape index (κ1) is 13.6. The van der Waals surface area contributed by atoms with E-state index in [1.165, 1.54) is 0 Å². The van der Waals surface area contributed by atoms with Crippen molar-refractivity contribution in [1.29, 1.82) is 0 Å². The molecule has 17 heavy (non-hydrogen) atoms. The van der Waals surface area contributed by atoms with Gasteiger partial charge in [-0.3, -0.25) is 0 Å². The lowest BCUT2D eigenvalue weighted by molar-refractivity contribution is 0.578. The Kier molecular flexibility index (Phi) is 6.17. The predicted molar refractivity (Wildman–Crippen MR) is 70.1 cm³/mol. The molecule has 5 heteroatoms. The summed E-state index contributed by atoms with van der Waals surface area (Å²) in [5, 5.41) is 3.29. The average molecular weight is 235 g/mol. The minimum atomic E-state index is 0.781. The quantitative estimate of drug-likeness (QED) is 0.741. The smallest absolute Gasteiger partial charge is 0.228 e. The van der Waals surface area contributed by atoms with Crippen molar-refractivity contribution in [2.75, 3.05) is 31.1 Å². The second-order valence-corrected chi connectivity index (χ2v) is 3.74. The molecule has 94 valence electrons. The normalized spacial score (nSPS) is 15.6. The number of anilines is 1. The van der Waals surface area contributed by atoms with Gasteiger partial charge in [0.05, 0.1) is 0 Å². The number of allylic oxidation sites excluding steroid dienone is 2. The summed E-state index contributed by atoms with van der Waals surface area (Å²) in [6.45, 7) is 9.84. The van der Waals surface area contributed by atoms with Crippen LogP contribution in [0, 0.1) is 6.92 Å². The molecule has 0 saturated carbocycles. The second kappa shape index (κ2) is 7.73. The van der Waals surface area contributed by atoms with Gasteiger partial charge in [0.1, 0.15) is 12.2 Å². The van der Waals surface area contributed by atoms with E-state index >= 15 is 0 Å². The Hall–Kier alpha value is -1.49. The van der Waals surface area contributed by atoms with Crippen molar-refractivity contribution in [3.05, 3.63) is 24.3 Å². The Morgan fingerprint density at radius 2 is 1.82 bits per heavy atom. The van der Waals surface area contributed by atoms with Crippen LogP contribution in [-0.4, -0.2) is 41.1 Å². The molecule has 1 aliphatic heterocycles. The van der Waals surface area contributed by atoms with E-state index in [-0.39, 0.29) is 0 Å². The molecule has 1 aromatic heterocycles. The zero-order valence-corrected chi connectivity index (χ0v) is 10.8. The average Bonchev–Trinajstić information content (AvgIpc) is 2.40. The Morgan fingerprint density at radius 1 is 1.18 bits per heavy atom. The SMILES string of the molecule is C/C=C/C.Cc1ncnc(N2CCNCC2)n1.